The third-order valence-corrected chi connectivity index (χ3v) is 4.62. The molecule has 3 aromatic rings. The van der Waals surface area contributed by atoms with Crippen molar-refractivity contribution >= 4 is 50.9 Å². The number of ether oxygens (including phenoxy) is 1. The number of fused-ring (bicyclic) bond motifs is 1. The monoisotopic (exact) mass is 329 g/mol. The van der Waals surface area contributed by atoms with Gasteiger partial charge in [0.15, 0.2) is 5.75 Å². The van der Waals surface area contributed by atoms with Crippen molar-refractivity contribution in [3.8, 4) is 5.75 Å². The zero-order valence-corrected chi connectivity index (χ0v) is 13.3. The van der Waals surface area contributed by atoms with Crippen molar-refractivity contribution in [2.75, 3.05) is 0 Å². The summed E-state index contributed by atoms with van der Waals surface area (Å²) in [6.45, 7) is 1.36. The second-order valence-electron chi connectivity index (χ2n) is 4.60. The first-order valence-electron chi connectivity index (χ1n) is 6.63. The largest absolute Gasteiger partial charge is 0.424 e. The van der Waals surface area contributed by atoms with Crippen molar-refractivity contribution in [2.45, 2.75) is 6.92 Å². The highest BCUT2D eigenvalue weighted by Gasteiger charge is 2.08. The molecular formula is C17H12ClNO2S. The summed E-state index contributed by atoms with van der Waals surface area (Å²) < 4.78 is 6.25. The quantitative estimate of drug-likeness (QED) is 0.375. The lowest BCUT2D eigenvalue weighted by molar-refractivity contribution is -0.131. The smallest absolute Gasteiger partial charge is 0.308 e. The van der Waals surface area contributed by atoms with E-state index in [2.05, 4.69) is 4.99 Å². The maximum Gasteiger partial charge on any atom is 0.308 e. The number of nitrogens with zero attached hydrogens (tertiary/aromatic N) is 1. The first-order valence-corrected chi connectivity index (χ1v) is 7.83. The number of para-hydroxylation sites is 2. The molecule has 0 aliphatic carbocycles. The van der Waals surface area contributed by atoms with Crippen LogP contribution in [0.4, 0.5) is 5.69 Å². The lowest BCUT2D eigenvalue weighted by Gasteiger charge is -2.03. The van der Waals surface area contributed by atoms with E-state index in [9.17, 15) is 4.79 Å². The van der Waals surface area contributed by atoms with E-state index in [1.165, 1.54) is 6.92 Å². The predicted octanol–water partition coefficient (Wildman–Crippen LogP) is 5.23. The molecule has 2 aromatic carbocycles. The molecular weight excluding hydrogens is 318 g/mol. The molecule has 0 N–H and O–H groups in total. The van der Waals surface area contributed by atoms with Crippen LogP contribution < -0.4 is 4.74 Å². The Hall–Kier alpha value is -2.17. The highest BCUT2D eigenvalue weighted by atomic mass is 35.5. The SMILES string of the molecule is CC(=O)Oc1ccccc1N=Cc1sc2ccccc2c1Cl. The standard InChI is InChI=1S/C17H12ClNO2S/c1-11(20)21-14-8-4-3-7-13(14)19-10-16-17(18)12-6-2-5-9-15(12)22-16/h2-10H,1H3. The fourth-order valence-electron chi connectivity index (χ4n) is 2.05. The van der Waals surface area contributed by atoms with Crippen LogP contribution in [0.25, 0.3) is 10.1 Å². The molecule has 3 rings (SSSR count). The Morgan fingerprint density at radius 2 is 1.91 bits per heavy atom. The average Bonchev–Trinajstić information content (AvgIpc) is 2.83. The Kier molecular flexibility index (Phi) is 4.22. The van der Waals surface area contributed by atoms with Gasteiger partial charge in [0, 0.05) is 23.2 Å². The molecule has 0 spiro atoms. The minimum absolute atomic E-state index is 0.373. The van der Waals surface area contributed by atoms with Gasteiger partial charge in [0.05, 0.1) is 9.90 Å². The molecule has 0 unspecified atom stereocenters. The zero-order valence-electron chi connectivity index (χ0n) is 11.7. The van der Waals surface area contributed by atoms with Crippen LogP contribution >= 0.6 is 22.9 Å². The minimum Gasteiger partial charge on any atom is -0.424 e. The van der Waals surface area contributed by atoms with Crippen LogP contribution in [0.5, 0.6) is 5.75 Å². The first-order chi connectivity index (χ1) is 10.6. The Morgan fingerprint density at radius 3 is 2.68 bits per heavy atom. The van der Waals surface area contributed by atoms with Crippen molar-refractivity contribution in [3.63, 3.8) is 0 Å². The van der Waals surface area contributed by atoms with Crippen molar-refractivity contribution in [1.82, 2.24) is 0 Å². The molecule has 0 fully saturated rings. The van der Waals surface area contributed by atoms with E-state index in [-0.39, 0.29) is 5.97 Å². The third kappa shape index (κ3) is 3.03. The molecule has 1 aromatic heterocycles. The lowest BCUT2D eigenvalue weighted by atomic mass is 10.2. The molecule has 0 atom stereocenters. The van der Waals surface area contributed by atoms with Gasteiger partial charge in [-0.15, -0.1) is 11.3 Å². The topological polar surface area (TPSA) is 38.7 Å². The van der Waals surface area contributed by atoms with Gasteiger partial charge >= 0.3 is 5.97 Å². The zero-order chi connectivity index (χ0) is 15.5. The van der Waals surface area contributed by atoms with E-state index in [1.54, 1.807) is 35.8 Å². The van der Waals surface area contributed by atoms with Crippen LogP contribution in [0.3, 0.4) is 0 Å². The number of rotatable bonds is 3. The maximum absolute atomic E-state index is 11.1. The Morgan fingerprint density at radius 1 is 1.18 bits per heavy atom. The molecule has 0 saturated heterocycles. The van der Waals surface area contributed by atoms with Gasteiger partial charge in [-0.2, -0.15) is 0 Å². The number of thiophene rings is 1. The summed E-state index contributed by atoms with van der Waals surface area (Å²) in [5.74, 6) is 0.0611. The highest BCUT2D eigenvalue weighted by Crippen LogP contribution is 2.35. The predicted molar refractivity (Wildman–Crippen MR) is 91.8 cm³/mol. The van der Waals surface area contributed by atoms with Crippen LogP contribution in [0, 0.1) is 0 Å². The van der Waals surface area contributed by atoms with Crippen molar-refractivity contribution < 1.29 is 9.53 Å². The Bertz CT molecular complexity index is 870. The number of esters is 1. The van der Waals surface area contributed by atoms with Crippen LogP contribution in [-0.4, -0.2) is 12.2 Å². The summed E-state index contributed by atoms with van der Waals surface area (Å²) in [4.78, 5) is 16.4. The number of halogens is 1. The van der Waals surface area contributed by atoms with E-state index >= 15 is 0 Å². The summed E-state index contributed by atoms with van der Waals surface area (Å²) in [6.07, 6.45) is 1.70. The minimum atomic E-state index is -0.373. The molecule has 0 aliphatic heterocycles. The summed E-state index contributed by atoms with van der Waals surface area (Å²) >= 11 is 7.96. The molecule has 1 heterocycles. The van der Waals surface area contributed by atoms with Crippen molar-refractivity contribution in [2.24, 2.45) is 4.99 Å². The van der Waals surface area contributed by atoms with Gasteiger partial charge in [0.1, 0.15) is 5.69 Å². The van der Waals surface area contributed by atoms with E-state index in [0.717, 1.165) is 15.0 Å². The molecule has 0 aliphatic rings. The number of hydrogen-bond acceptors (Lipinski definition) is 4. The number of benzene rings is 2. The molecule has 0 radical (unpaired) electrons. The number of hydrogen-bond donors (Lipinski definition) is 0. The summed E-state index contributed by atoms with van der Waals surface area (Å²) in [6, 6.07) is 15.1. The average molecular weight is 330 g/mol. The Labute approximate surface area is 136 Å². The second kappa shape index (κ2) is 6.30. The number of carbonyl (C=O) groups excluding carboxylic acids is 1. The van der Waals surface area contributed by atoms with E-state index in [0.29, 0.717) is 16.5 Å². The summed E-state index contributed by atoms with van der Waals surface area (Å²) in [7, 11) is 0. The van der Waals surface area contributed by atoms with Gasteiger partial charge in [-0.25, -0.2) is 0 Å². The first kappa shape index (κ1) is 14.8. The van der Waals surface area contributed by atoms with E-state index in [1.807, 2.05) is 30.3 Å². The molecule has 3 nitrogen and oxygen atoms in total. The van der Waals surface area contributed by atoms with Crippen molar-refractivity contribution in [1.29, 1.82) is 0 Å². The fraction of sp³-hybridized carbons (Fsp3) is 0.0588. The third-order valence-electron chi connectivity index (χ3n) is 3.00. The van der Waals surface area contributed by atoms with Gasteiger partial charge in [-0.3, -0.25) is 9.79 Å². The van der Waals surface area contributed by atoms with Gasteiger partial charge in [-0.1, -0.05) is 41.9 Å². The molecule has 22 heavy (non-hydrogen) atoms. The fourth-order valence-corrected chi connectivity index (χ4v) is 3.40. The molecule has 5 heteroatoms. The lowest BCUT2D eigenvalue weighted by Crippen LogP contribution is -2.01. The summed E-state index contributed by atoms with van der Waals surface area (Å²) in [5, 5.41) is 1.71. The van der Waals surface area contributed by atoms with Crippen LogP contribution in [-0.2, 0) is 4.79 Å². The van der Waals surface area contributed by atoms with Gasteiger partial charge in [0.2, 0.25) is 0 Å². The van der Waals surface area contributed by atoms with E-state index < -0.39 is 0 Å². The summed E-state index contributed by atoms with van der Waals surface area (Å²) in [5.41, 5.74) is 0.589. The van der Waals surface area contributed by atoms with Crippen LogP contribution in [0.1, 0.15) is 11.8 Å². The Balaban J connectivity index is 1.96. The number of carbonyl (C=O) groups is 1. The molecule has 110 valence electrons. The normalized spacial score (nSPS) is 11.2. The molecule has 0 amide bonds. The second-order valence-corrected chi connectivity index (χ2v) is 6.06. The molecule has 0 saturated carbocycles. The molecule has 0 bridgehead atoms. The van der Waals surface area contributed by atoms with Crippen molar-refractivity contribution in [3.05, 3.63) is 58.4 Å². The van der Waals surface area contributed by atoms with Gasteiger partial charge < -0.3 is 4.74 Å². The number of aliphatic imine (C=N–C) groups is 1. The van der Waals surface area contributed by atoms with Crippen LogP contribution in [0.2, 0.25) is 5.02 Å². The highest BCUT2D eigenvalue weighted by molar-refractivity contribution is 7.21. The van der Waals surface area contributed by atoms with E-state index in [4.69, 9.17) is 16.3 Å². The van der Waals surface area contributed by atoms with Gasteiger partial charge in [0.25, 0.3) is 0 Å². The van der Waals surface area contributed by atoms with Gasteiger partial charge in [-0.05, 0) is 18.2 Å². The van der Waals surface area contributed by atoms with Crippen LogP contribution in [0.15, 0.2) is 53.5 Å². The maximum atomic E-state index is 11.1.